The van der Waals surface area contributed by atoms with E-state index in [0.29, 0.717) is 6.04 Å². The van der Waals surface area contributed by atoms with Crippen molar-refractivity contribution in [1.82, 2.24) is 15.1 Å². The SMILES string of the molecule is CNC(C)c1cn(C)nc1Br. The maximum Gasteiger partial charge on any atom is 0.132 e. The lowest BCUT2D eigenvalue weighted by molar-refractivity contribution is 0.649. The average Bonchev–Trinajstić information content (AvgIpc) is 2.28. The molecule has 0 spiro atoms. The summed E-state index contributed by atoms with van der Waals surface area (Å²) in [5.41, 5.74) is 1.19. The van der Waals surface area contributed by atoms with Crippen LogP contribution in [-0.2, 0) is 7.05 Å². The summed E-state index contributed by atoms with van der Waals surface area (Å²) < 4.78 is 2.72. The van der Waals surface area contributed by atoms with E-state index >= 15 is 0 Å². The fourth-order valence-corrected chi connectivity index (χ4v) is 1.62. The first kappa shape index (κ1) is 8.74. The van der Waals surface area contributed by atoms with Crippen LogP contribution < -0.4 is 5.32 Å². The highest BCUT2D eigenvalue weighted by atomic mass is 79.9. The van der Waals surface area contributed by atoms with E-state index < -0.39 is 0 Å². The smallest absolute Gasteiger partial charge is 0.132 e. The van der Waals surface area contributed by atoms with Crippen molar-refractivity contribution < 1.29 is 0 Å². The van der Waals surface area contributed by atoms with Crippen LogP contribution >= 0.6 is 15.9 Å². The number of aryl methyl sites for hydroxylation is 1. The van der Waals surface area contributed by atoms with Crippen LogP contribution in [0, 0.1) is 0 Å². The Balaban J connectivity index is 2.93. The van der Waals surface area contributed by atoms with Crippen molar-refractivity contribution in [2.24, 2.45) is 7.05 Å². The van der Waals surface area contributed by atoms with Gasteiger partial charge in [0.05, 0.1) is 0 Å². The Labute approximate surface area is 74.9 Å². The van der Waals surface area contributed by atoms with Crippen LogP contribution in [-0.4, -0.2) is 16.8 Å². The molecule has 62 valence electrons. The van der Waals surface area contributed by atoms with E-state index in [9.17, 15) is 0 Å². The highest BCUT2D eigenvalue weighted by Crippen LogP contribution is 2.20. The van der Waals surface area contributed by atoms with Crippen LogP contribution in [0.2, 0.25) is 0 Å². The quantitative estimate of drug-likeness (QED) is 0.814. The van der Waals surface area contributed by atoms with Gasteiger partial charge < -0.3 is 5.32 Å². The van der Waals surface area contributed by atoms with Gasteiger partial charge in [0.2, 0.25) is 0 Å². The predicted octanol–water partition coefficient (Wildman–Crippen LogP) is 1.46. The van der Waals surface area contributed by atoms with E-state index in [1.807, 2.05) is 20.3 Å². The molecule has 4 heteroatoms. The first-order chi connectivity index (χ1) is 5.15. The van der Waals surface area contributed by atoms with Crippen LogP contribution in [0.4, 0.5) is 0 Å². The molecule has 1 unspecified atom stereocenters. The van der Waals surface area contributed by atoms with Gasteiger partial charge in [-0.25, -0.2) is 0 Å². The third-order valence-corrected chi connectivity index (χ3v) is 2.33. The summed E-state index contributed by atoms with van der Waals surface area (Å²) in [4.78, 5) is 0. The molecule has 1 aromatic heterocycles. The first-order valence-corrected chi connectivity index (χ1v) is 4.30. The van der Waals surface area contributed by atoms with E-state index in [1.54, 1.807) is 4.68 Å². The molecular formula is C7H12BrN3. The van der Waals surface area contributed by atoms with Gasteiger partial charge in [-0.3, -0.25) is 4.68 Å². The van der Waals surface area contributed by atoms with Crippen LogP contribution in [0.15, 0.2) is 10.8 Å². The fourth-order valence-electron chi connectivity index (χ4n) is 0.926. The maximum atomic E-state index is 4.17. The average molecular weight is 218 g/mol. The zero-order valence-corrected chi connectivity index (χ0v) is 8.51. The minimum absolute atomic E-state index is 0.345. The Kier molecular flexibility index (Phi) is 2.67. The molecular weight excluding hydrogens is 206 g/mol. The van der Waals surface area contributed by atoms with Gasteiger partial charge in [0.25, 0.3) is 0 Å². The van der Waals surface area contributed by atoms with Crippen molar-refractivity contribution in [2.45, 2.75) is 13.0 Å². The number of nitrogens with one attached hydrogen (secondary N) is 1. The molecule has 0 radical (unpaired) electrons. The van der Waals surface area contributed by atoms with E-state index in [4.69, 9.17) is 0 Å². The molecule has 0 bridgehead atoms. The Hall–Kier alpha value is -0.350. The Bertz CT molecular complexity index is 244. The highest BCUT2D eigenvalue weighted by molar-refractivity contribution is 9.10. The van der Waals surface area contributed by atoms with Gasteiger partial charge in [-0.05, 0) is 29.9 Å². The summed E-state index contributed by atoms with van der Waals surface area (Å²) in [5.74, 6) is 0. The van der Waals surface area contributed by atoms with Crippen LogP contribution in [0.25, 0.3) is 0 Å². The Morgan fingerprint density at radius 1 is 1.73 bits per heavy atom. The van der Waals surface area contributed by atoms with Gasteiger partial charge in [-0.2, -0.15) is 5.10 Å². The molecule has 1 atom stereocenters. The van der Waals surface area contributed by atoms with E-state index in [2.05, 4.69) is 33.3 Å². The Morgan fingerprint density at radius 3 is 2.73 bits per heavy atom. The second-order valence-electron chi connectivity index (χ2n) is 2.56. The van der Waals surface area contributed by atoms with Crippen molar-refractivity contribution in [3.8, 4) is 0 Å². The van der Waals surface area contributed by atoms with Gasteiger partial charge in [0.15, 0.2) is 0 Å². The zero-order valence-electron chi connectivity index (χ0n) is 6.93. The van der Waals surface area contributed by atoms with E-state index in [0.717, 1.165) is 4.60 Å². The van der Waals surface area contributed by atoms with Crippen LogP contribution in [0.3, 0.4) is 0 Å². The summed E-state index contributed by atoms with van der Waals surface area (Å²) in [6, 6.07) is 0.345. The van der Waals surface area contributed by atoms with E-state index in [-0.39, 0.29) is 0 Å². The van der Waals surface area contributed by atoms with Gasteiger partial charge in [-0.1, -0.05) is 0 Å². The molecule has 0 saturated carbocycles. The second kappa shape index (κ2) is 3.36. The topological polar surface area (TPSA) is 29.9 Å². The number of aromatic nitrogens is 2. The molecule has 0 aliphatic heterocycles. The summed E-state index contributed by atoms with van der Waals surface area (Å²) >= 11 is 3.39. The normalized spacial score (nSPS) is 13.5. The number of hydrogen-bond acceptors (Lipinski definition) is 2. The first-order valence-electron chi connectivity index (χ1n) is 3.51. The minimum Gasteiger partial charge on any atom is -0.313 e. The summed E-state index contributed by atoms with van der Waals surface area (Å²) in [5, 5.41) is 7.33. The standard InChI is InChI=1S/C7H12BrN3/c1-5(9-2)6-4-11(3)10-7(6)8/h4-5,9H,1-3H3. The largest absolute Gasteiger partial charge is 0.313 e. The molecule has 0 aliphatic carbocycles. The summed E-state index contributed by atoms with van der Waals surface area (Å²) in [6.07, 6.45) is 2.01. The van der Waals surface area contributed by atoms with Crippen LogP contribution in [0.1, 0.15) is 18.5 Å². The fraction of sp³-hybridized carbons (Fsp3) is 0.571. The van der Waals surface area contributed by atoms with E-state index in [1.165, 1.54) is 5.56 Å². The van der Waals surface area contributed by atoms with Gasteiger partial charge in [-0.15, -0.1) is 0 Å². The number of halogens is 1. The highest BCUT2D eigenvalue weighted by Gasteiger charge is 2.09. The Morgan fingerprint density at radius 2 is 2.36 bits per heavy atom. The van der Waals surface area contributed by atoms with Crippen LogP contribution in [0.5, 0.6) is 0 Å². The lowest BCUT2D eigenvalue weighted by atomic mass is 10.2. The number of rotatable bonds is 2. The number of nitrogens with zero attached hydrogens (tertiary/aromatic N) is 2. The molecule has 1 aromatic rings. The molecule has 0 saturated heterocycles. The predicted molar refractivity (Wildman–Crippen MR) is 48.4 cm³/mol. The van der Waals surface area contributed by atoms with Crippen molar-refractivity contribution in [3.05, 3.63) is 16.4 Å². The lowest BCUT2D eigenvalue weighted by Gasteiger charge is -2.06. The number of hydrogen-bond donors (Lipinski definition) is 1. The molecule has 0 aromatic carbocycles. The molecule has 1 N–H and O–H groups in total. The van der Waals surface area contributed by atoms with Crippen molar-refractivity contribution in [2.75, 3.05) is 7.05 Å². The summed E-state index contributed by atoms with van der Waals surface area (Å²) in [7, 11) is 3.85. The maximum absolute atomic E-state index is 4.17. The molecule has 0 aliphatic rings. The lowest BCUT2D eigenvalue weighted by Crippen LogP contribution is -2.11. The van der Waals surface area contributed by atoms with Gasteiger partial charge >= 0.3 is 0 Å². The molecule has 3 nitrogen and oxygen atoms in total. The molecule has 11 heavy (non-hydrogen) atoms. The minimum atomic E-state index is 0.345. The van der Waals surface area contributed by atoms with Crippen molar-refractivity contribution >= 4 is 15.9 Å². The zero-order chi connectivity index (χ0) is 8.43. The molecule has 1 heterocycles. The monoisotopic (exact) mass is 217 g/mol. The molecule has 0 fully saturated rings. The third-order valence-electron chi connectivity index (χ3n) is 1.71. The van der Waals surface area contributed by atoms with Crippen molar-refractivity contribution in [3.63, 3.8) is 0 Å². The van der Waals surface area contributed by atoms with Crippen molar-refractivity contribution in [1.29, 1.82) is 0 Å². The van der Waals surface area contributed by atoms with Gasteiger partial charge in [0.1, 0.15) is 4.60 Å². The molecule has 0 amide bonds. The van der Waals surface area contributed by atoms with Gasteiger partial charge in [0, 0.05) is 24.8 Å². The molecule has 1 rings (SSSR count). The second-order valence-corrected chi connectivity index (χ2v) is 3.31. The third kappa shape index (κ3) is 1.81. The summed E-state index contributed by atoms with van der Waals surface area (Å²) in [6.45, 7) is 2.10.